The van der Waals surface area contributed by atoms with Crippen LogP contribution in [0.25, 0.3) is 10.9 Å². The summed E-state index contributed by atoms with van der Waals surface area (Å²) in [5.41, 5.74) is 1.71. The number of aromatic amines is 1. The van der Waals surface area contributed by atoms with E-state index in [4.69, 9.17) is 4.74 Å². The summed E-state index contributed by atoms with van der Waals surface area (Å²) in [7, 11) is 0. The van der Waals surface area contributed by atoms with Crippen LogP contribution in [0.2, 0.25) is 0 Å². The first-order valence-electron chi connectivity index (χ1n) is 6.02. The molecule has 1 aromatic carbocycles. The van der Waals surface area contributed by atoms with Gasteiger partial charge in [0.2, 0.25) is 0 Å². The van der Waals surface area contributed by atoms with E-state index in [1.807, 2.05) is 0 Å². The fourth-order valence-corrected chi connectivity index (χ4v) is 1.96. The van der Waals surface area contributed by atoms with Gasteiger partial charge < -0.3 is 9.72 Å². The molecule has 0 aliphatic heterocycles. The summed E-state index contributed by atoms with van der Waals surface area (Å²) in [5.74, 6) is -0.237. The number of hydrogen-bond donors (Lipinski definition) is 1. The monoisotopic (exact) mass is 262 g/mol. The predicted octanol–water partition coefficient (Wildman–Crippen LogP) is 2.57. The number of aryl methyl sites for hydroxylation is 1. The van der Waals surface area contributed by atoms with Crippen molar-refractivity contribution in [2.75, 3.05) is 6.61 Å². The van der Waals surface area contributed by atoms with E-state index in [2.05, 4.69) is 4.98 Å². The Morgan fingerprint density at radius 3 is 2.95 bits per heavy atom. The number of esters is 1. The highest BCUT2D eigenvalue weighted by molar-refractivity contribution is 5.85. The molecule has 0 aliphatic rings. The largest absolute Gasteiger partial charge is 0.466 e. The summed E-state index contributed by atoms with van der Waals surface area (Å²) in [6.07, 6.45) is 2.63. The molecule has 0 amide bonds. The first kappa shape index (κ1) is 13.1. The van der Waals surface area contributed by atoms with Crippen LogP contribution in [0.15, 0.2) is 24.4 Å². The van der Waals surface area contributed by atoms with E-state index in [0.717, 1.165) is 10.9 Å². The topological polar surface area (TPSA) is 85.2 Å². The second-order valence-electron chi connectivity index (χ2n) is 4.11. The van der Waals surface area contributed by atoms with Gasteiger partial charge in [-0.1, -0.05) is 0 Å². The number of non-ortho nitro benzene ring substituents is 1. The molecule has 19 heavy (non-hydrogen) atoms. The highest BCUT2D eigenvalue weighted by atomic mass is 16.6. The first-order valence-corrected chi connectivity index (χ1v) is 6.02. The van der Waals surface area contributed by atoms with Crippen LogP contribution in [-0.4, -0.2) is 22.5 Å². The van der Waals surface area contributed by atoms with E-state index in [9.17, 15) is 14.9 Å². The van der Waals surface area contributed by atoms with Gasteiger partial charge in [0, 0.05) is 30.1 Å². The first-order chi connectivity index (χ1) is 9.11. The molecule has 1 N–H and O–H groups in total. The van der Waals surface area contributed by atoms with Crippen molar-refractivity contribution in [3.8, 4) is 0 Å². The molecule has 0 fully saturated rings. The van der Waals surface area contributed by atoms with Crippen molar-refractivity contribution in [2.45, 2.75) is 19.8 Å². The summed E-state index contributed by atoms with van der Waals surface area (Å²) in [4.78, 5) is 24.5. The lowest BCUT2D eigenvalue weighted by Gasteiger charge is -2.01. The van der Waals surface area contributed by atoms with E-state index in [0.29, 0.717) is 25.0 Å². The molecular weight excluding hydrogens is 248 g/mol. The lowest BCUT2D eigenvalue weighted by Crippen LogP contribution is -2.04. The van der Waals surface area contributed by atoms with Gasteiger partial charge in [0.15, 0.2) is 0 Å². The maximum atomic E-state index is 11.3. The second-order valence-corrected chi connectivity index (χ2v) is 4.11. The van der Waals surface area contributed by atoms with Gasteiger partial charge in [0.05, 0.1) is 17.0 Å². The van der Waals surface area contributed by atoms with Gasteiger partial charge in [0.25, 0.3) is 5.69 Å². The highest BCUT2D eigenvalue weighted by Crippen LogP contribution is 2.24. The normalized spacial score (nSPS) is 10.6. The van der Waals surface area contributed by atoms with E-state index in [1.165, 1.54) is 12.1 Å². The molecule has 6 heteroatoms. The summed E-state index contributed by atoms with van der Waals surface area (Å²) in [6, 6.07) is 4.65. The number of ether oxygens (including phenoxy) is 1. The van der Waals surface area contributed by atoms with Crippen molar-refractivity contribution in [1.82, 2.24) is 4.98 Å². The third kappa shape index (κ3) is 2.90. The number of carbonyl (C=O) groups is 1. The quantitative estimate of drug-likeness (QED) is 0.509. The van der Waals surface area contributed by atoms with Crippen molar-refractivity contribution in [2.24, 2.45) is 0 Å². The van der Waals surface area contributed by atoms with Gasteiger partial charge in [-0.05, 0) is 25.0 Å². The Morgan fingerprint density at radius 1 is 1.47 bits per heavy atom. The van der Waals surface area contributed by atoms with Crippen LogP contribution in [0, 0.1) is 10.1 Å². The van der Waals surface area contributed by atoms with Crippen LogP contribution in [0.1, 0.15) is 18.9 Å². The molecule has 0 radical (unpaired) electrons. The zero-order valence-electron chi connectivity index (χ0n) is 10.5. The maximum absolute atomic E-state index is 11.3. The van der Waals surface area contributed by atoms with Crippen molar-refractivity contribution in [1.29, 1.82) is 0 Å². The Labute approximate surface area is 109 Å². The van der Waals surface area contributed by atoms with Gasteiger partial charge >= 0.3 is 5.97 Å². The van der Waals surface area contributed by atoms with Crippen LogP contribution in [0.5, 0.6) is 0 Å². The molecule has 2 aromatic rings. The highest BCUT2D eigenvalue weighted by Gasteiger charge is 2.11. The smallest absolute Gasteiger partial charge is 0.306 e. The molecule has 0 spiro atoms. The Kier molecular flexibility index (Phi) is 3.79. The third-order valence-corrected chi connectivity index (χ3v) is 2.87. The summed E-state index contributed by atoms with van der Waals surface area (Å²) in [6.45, 7) is 2.14. The molecule has 2 rings (SSSR count). The Hall–Kier alpha value is -2.37. The van der Waals surface area contributed by atoms with Crippen LogP contribution in [0.4, 0.5) is 5.69 Å². The Bertz CT molecular complexity index is 618. The molecule has 0 saturated heterocycles. The van der Waals surface area contributed by atoms with Gasteiger partial charge in [-0.15, -0.1) is 0 Å². The van der Waals surface area contributed by atoms with Crippen molar-refractivity contribution < 1.29 is 14.5 Å². The number of fused-ring (bicyclic) bond motifs is 1. The predicted molar refractivity (Wildman–Crippen MR) is 69.9 cm³/mol. The fourth-order valence-electron chi connectivity index (χ4n) is 1.96. The molecule has 0 bridgehead atoms. The summed E-state index contributed by atoms with van der Waals surface area (Å²) < 4.78 is 4.86. The van der Waals surface area contributed by atoms with Crippen molar-refractivity contribution in [3.63, 3.8) is 0 Å². The van der Waals surface area contributed by atoms with Gasteiger partial charge in [-0.25, -0.2) is 0 Å². The molecule has 100 valence electrons. The molecular formula is C13H14N2O4. The number of rotatable bonds is 5. The molecule has 0 saturated carbocycles. The van der Waals surface area contributed by atoms with Crippen LogP contribution >= 0.6 is 0 Å². The van der Waals surface area contributed by atoms with E-state index in [1.54, 1.807) is 19.2 Å². The lowest BCUT2D eigenvalue weighted by molar-refractivity contribution is -0.384. The SMILES string of the molecule is CCOC(=O)CCc1c[nH]c2cc([N+](=O)[O-])ccc12. The van der Waals surface area contributed by atoms with Gasteiger partial charge in [0.1, 0.15) is 0 Å². The molecule has 1 heterocycles. The lowest BCUT2D eigenvalue weighted by atomic mass is 10.1. The average Bonchev–Trinajstić information content (AvgIpc) is 2.79. The fraction of sp³-hybridized carbons (Fsp3) is 0.308. The van der Waals surface area contributed by atoms with Crippen molar-refractivity contribution in [3.05, 3.63) is 40.1 Å². The minimum atomic E-state index is -0.432. The number of hydrogen-bond acceptors (Lipinski definition) is 4. The zero-order valence-corrected chi connectivity index (χ0v) is 10.5. The zero-order chi connectivity index (χ0) is 13.8. The van der Waals surface area contributed by atoms with E-state index in [-0.39, 0.29) is 11.7 Å². The number of nitro benzene ring substituents is 1. The standard InChI is InChI=1S/C13H14N2O4/c1-2-19-13(16)6-3-9-8-14-12-7-10(15(17)18)4-5-11(9)12/h4-5,7-8,14H,2-3,6H2,1H3. The molecule has 1 aromatic heterocycles. The average molecular weight is 262 g/mol. The van der Waals surface area contributed by atoms with E-state index >= 15 is 0 Å². The van der Waals surface area contributed by atoms with Crippen LogP contribution in [-0.2, 0) is 16.0 Å². The number of aromatic nitrogens is 1. The number of nitrogens with one attached hydrogen (secondary N) is 1. The number of nitrogens with zero attached hydrogens (tertiary/aromatic N) is 1. The number of H-pyrrole nitrogens is 1. The maximum Gasteiger partial charge on any atom is 0.306 e. The van der Waals surface area contributed by atoms with Crippen LogP contribution in [0.3, 0.4) is 0 Å². The Balaban J connectivity index is 2.17. The van der Waals surface area contributed by atoms with Crippen molar-refractivity contribution >= 4 is 22.6 Å². The molecule has 0 atom stereocenters. The Morgan fingerprint density at radius 2 is 2.26 bits per heavy atom. The molecule has 0 unspecified atom stereocenters. The number of nitro groups is 1. The van der Waals surface area contributed by atoms with Gasteiger partial charge in [-0.3, -0.25) is 14.9 Å². The van der Waals surface area contributed by atoms with Crippen LogP contribution < -0.4 is 0 Å². The number of carbonyl (C=O) groups excluding carboxylic acids is 1. The summed E-state index contributed by atoms with van der Waals surface area (Å²) in [5, 5.41) is 11.6. The van der Waals surface area contributed by atoms with E-state index < -0.39 is 4.92 Å². The minimum absolute atomic E-state index is 0.0475. The summed E-state index contributed by atoms with van der Waals surface area (Å²) >= 11 is 0. The second kappa shape index (κ2) is 5.51. The number of benzene rings is 1. The third-order valence-electron chi connectivity index (χ3n) is 2.87. The molecule has 6 nitrogen and oxygen atoms in total. The minimum Gasteiger partial charge on any atom is -0.466 e. The van der Waals surface area contributed by atoms with Gasteiger partial charge in [-0.2, -0.15) is 0 Å². The molecule has 0 aliphatic carbocycles.